The van der Waals surface area contributed by atoms with E-state index in [2.05, 4.69) is 63.1 Å². The van der Waals surface area contributed by atoms with Crippen LogP contribution in [-0.2, 0) is 0 Å². The van der Waals surface area contributed by atoms with Gasteiger partial charge in [0, 0.05) is 12.7 Å². The minimum absolute atomic E-state index is 0.610. The summed E-state index contributed by atoms with van der Waals surface area (Å²) in [4.78, 5) is 2.14. The van der Waals surface area contributed by atoms with Crippen LogP contribution in [0.2, 0.25) is 0 Å². The SMILES string of the molecule is CCC(C)c1ccc(N(C)c2cc(C)ccc2N)cc1. The van der Waals surface area contributed by atoms with Gasteiger partial charge in [0.2, 0.25) is 0 Å². The molecule has 2 N–H and O–H groups in total. The van der Waals surface area contributed by atoms with Gasteiger partial charge < -0.3 is 10.6 Å². The second kappa shape index (κ2) is 6.00. The molecule has 2 aromatic rings. The first-order valence-electron chi connectivity index (χ1n) is 7.22. The second-order valence-electron chi connectivity index (χ2n) is 5.52. The number of hydrogen-bond acceptors (Lipinski definition) is 2. The zero-order valence-electron chi connectivity index (χ0n) is 12.9. The number of nitrogens with two attached hydrogens (primary N) is 1. The van der Waals surface area contributed by atoms with Crippen molar-refractivity contribution in [2.24, 2.45) is 0 Å². The van der Waals surface area contributed by atoms with Crippen molar-refractivity contribution < 1.29 is 0 Å². The quantitative estimate of drug-likeness (QED) is 0.802. The molecule has 0 fully saturated rings. The summed E-state index contributed by atoms with van der Waals surface area (Å²) in [6, 6.07) is 14.9. The third-order valence-electron chi connectivity index (χ3n) is 4.01. The van der Waals surface area contributed by atoms with Crippen LogP contribution < -0.4 is 10.6 Å². The van der Waals surface area contributed by atoms with Gasteiger partial charge in [0.25, 0.3) is 0 Å². The Bertz CT molecular complexity index is 572. The van der Waals surface area contributed by atoms with Crippen molar-refractivity contribution in [2.75, 3.05) is 17.7 Å². The molecule has 2 rings (SSSR count). The molecular weight excluding hydrogens is 244 g/mol. The molecule has 0 heterocycles. The molecule has 1 unspecified atom stereocenters. The van der Waals surface area contributed by atoms with E-state index in [9.17, 15) is 0 Å². The van der Waals surface area contributed by atoms with Crippen molar-refractivity contribution in [3.63, 3.8) is 0 Å². The summed E-state index contributed by atoms with van der Waals surface area (Å²) in [7, 11) is 2.06. The molecule has 0 aliphatic heterocycles. The van der Waals surface area contributed by atoms with Gasteiger partial charge in [-0.2, -0.15) is 0 Å². The first-order valence-corrected chi connectivity index (χ1v) is 7.22. The highest BCUT2D eigenvalue weighted by atomic mass is 15.1. The summed E-state index contributed by atoms with van der Waals surface area (Å²) < 4.78 is 0. The van der Waals surface area contributed by atoms with Gasteiger partial charge in [-0.25, -0.2) is 0 Å². The maximum atomic E-state index is 6.09. The van der Waals surface area contributed by atoms with Gasteiger partial charge in [-0.1, -0.05) is 32.0 Å². The summed E-state index contributed by atoms with van der Waals surface area (Å²) in [6.07, 6.45) is 1.17. The van der Waals surface area contributed by atoms with E-state index in [1.807, 2.05) is 12.1 Å². The summed E-state index contributed by atoms with van der Waals surface area (Å²) >= 11 is 0. The Labute approximate surface area is 122 Å². The van der Waals surface area contributed by atoms with E-state index in [1.54, 1.807) is 0 Å². The molecule has 2 nitrogen and oxygen atoms in total. The van der Waals surface area contributed by atoms with Crippen LogP contribution in [0.1, 0.15) is 37.3 Å². The number of anilines is 3. The average molecular weight is 268 g/mol. The highest BCUT2D eigenvalue weighted by Crippen LogP contribution is 2.30. The zero-order valence-corrected chi connectivity index (χ0v) is 12.9. The molecule has 20 heavy (non-hydrogen) atoms. The Morgan fingerprint density at radius 1 is 1.10 bits per heavy atom. The van der Waals surface area contributed by atoms with Crippen molar-refractivity contribution in [3.05, 3.63) is 53.6 Å². The minimum Gasteiger partial charge on any atom is -0.397 e. The summed E-state index contributed by atoms with van der Waals surface area (Å²) in [5.41, 5.74) is 11.7. The number of hydrogen-bond donors (Lipinski definition) is 1. The number of benzene rings is 2. The molecule has 0 saturated heterocycles. The van der Waals surface area contributed by atoms with Crippen LogP contribution in [0.25, 0.3) is 0 Å². The van der Waals surface area contributed by atoms with Crippen LogP contribution in [0, 0.1) is 6.92 Å². The summed E-state index contributed by atoms with van der Waals surface area (Å²) in [6.45, 7) is 6.57. The molecule has 0 radical (unpaired) electrons. The Morgan fingerprint density at radius 3 is 2.35 bits per heavy atom. The van der Waals surface area contributed by atoms with Crippen LogP contribution in [0.3, 0.4) is 0 Å². The van der Waals surface area contributed by atoms with Crippen LogP contribution in [0.4, 0.5) is 17.1 Å². The zero-order chi connectivity index (χ0) is 14.7. The van der Waals surface area contributed by atoms with Gasteiger partial charge in [-0.3, -0.25) is 0 Å². The van der Waals surface area contributed by atoms with Crippen molar-refractivity contribution >= 4 is 17.1 Å². The largest absolute Gasteiger partial charge is 0.397 e. The molecule has 2 heteroatoms. The topological polar surface area (TPSA) is 29.3 Å². The van der Waals surface area contributed by atoms with Crippen LogP contribution in [0.5, 0.6) is 0 Å². The van der Waals surface area contributed by atoms with E-state index in [-0.39, 0.29) is 0 Å². The van der Waals surface area contributed by atoms with Crippen molar-refractivity contribution in [1.29, 1.82) is 0 Å². The lowest BCUT2D eigenvalue weighted by atomic mass is 9.98. The lowest BCUT2D eigenvalue weighted by Gasteiger charge is -2.22. The summed E-state index contributed by atoms with van der Waals surface area (Å²) in [5, 5.41) is 0. The Kier molecular flexibility index (Phi) is 4.33. The molecular formula is C18H24N2. The molecule has 0 aliphatic carbocycles. The average Bonchev–Trinajstić information content (AvgIpc) is 2.48. The second-order valence-corrected chi connectivity index (χ2v) is 5.52. The minimum atomic E-state index is 0.610. The first-order chi connectivity index (χ1) is 9.52. The van der Waals surface area contributed by atoms with Gasteiger partial charge in [0.05, 0.1) is 11.4 Å². The molecule has 0 bridgehead atoms. The van der Waals surface area contributed by atoms with Crippen LogP contribution >= 0.6 is 0 Å². The van der Waals surface area contributed by atoms with Crippen LogP contribution in [-0.4, -0.2) is 7.05 Å². The first kappa shape index (κ1) is 14.4. The molecule has 0 aliphatic rings. The number of nitrogen functional groups attached to an aromatic ring is 1. The van der Waals surface area contributed by atoms with Gasteiger partial charge in [0.15, 0.2) is 0 Å². The highest BCUT2D eigenvalue weighted by Gasteiger charge is 2.09. The van der Waals surface area contributed by atoms with E-state index in [4.69, 9.17) is 5.73 Å². The van der Waals surface area contributed by atoms with Crippen molar-refractivity contribution in [1.82, 2.24) is 0 Å². The van der Waals surface area contributed by atoms with Crippen LogP contribution in [0.15, 0.2) is 42.5 Å². The molecule has 106 valence electrons. The maximum absolute atomic E-state index is 6.09. The molecule has 0 saturated carbocycles. The van der Waals surface area contributed by atoms with Gasteiger partial charge >= 0.3 is 0 Å². The van der Waals surface area contributed by atoms with E-state index < -0.39 is 0 Å². The molecule has 2 aromatic carbocycles. The van der Waals surface area contributed by atoms with E-state index in [0.29, 0.717) is 5.92 Å². The molecule has 0 amide bonds. The Hall–Kier alpha value is -1.96. The molecule has 0 aromatic heterocycles. The predicted octanol–water partition coefficient (Wildman–Crippen LogP) is 4.86. The number of nitrogens with zero attached hydrogens (tertiary/aromatic N) is 1. The maximum Gasteiger partial charge on any atom is 0.0644 e. The number of rotatable bonds is 4. The fourth-order valence-electron chi connectivity index (χ4n) is 2.35. The Morgan fingerprint density at radius 2 is 1.75 bits per heavy atom. The monoisotopic (exact) mass is 268 g/mol. The van der Waals surface area contributed by atoms with E-state index in [1.165, 1.54) is 17.5 Å². The van der Waals surface area contributed by atoms with E-state index >= 15 is 0 Å². The summed E-state index contributed by atoms with van der Waals surface area (Å²) in [5.74, 6) is 0.610. The van der Waals surface area contributed by atoms with Gasteiger partial charge in [-0.05, 0) is 54.7 Å². The number of aryl methyl sites for hydroxylation is 1. The van der Waals surface area contributed by atoms with Gasteiger partial charge in [0.1, 0.15) is 0 Å². The highest BCUT2D eigenvalue weighted by molar-refractivity contribution is 5.75. The van der Waals surface area contributed by atoms with E-state index in [0.717, 1.165) is 17.1 Å². The lowest BCUT2D eigenvalue weighted by molar-refractivity contribution is 0.733. The van der Waals surface area contributed by atoms with Crippen molar-refractivity contribution in [3.8, 4) is 0 Å². The molecule has 1 atom stereocenters. The Balaban J connectivity index is 2.29. The molecule has 0 spiro atoms. The normalized spacial score (nSPS) is 12.2. The smallest absolute Gasteiger partial charge is 0.0644 e. The third kappa shape index (κ3) is 2.96. The van der Waals surface area contributed by atoms with Gasteiger partial charge in [-0.15, -0.1) is 0 Å². The van der Waals surface area contributed by atoms with Crippen molar-refractivity contribution in [2.45, 2.75) is 33.1 Å². The third-order valence-corrected chi connectivity index (χ3v) is 4.01. The fraction of sp³-hybridized carbons (Fsp3) is 0.333. The fourth-order valence-corrected chi connectivity index (χ4v) is 2.35. The standard InChI is InChI=1S/C18H24N2/c1-5-14(3)15-7-9-16(10-8-15)20(4)18-12-13(2)6-11-17(18)19/h6-12,14H,5,19H2,1-4H3. The lowest BCUT2D eigenvalue weighted by Crippen LogP contribution is -2.11. The predicted molar refractivity (Wildman–Crippen MR) is 88.8 cm³/mol.